The third-order valence-corrected chi connectivity index (χ3v) is 8.00. The van der Waals surface area contributed by atoms with Crippen LogP contribution in [0, 0.1) is 12.7 Å². The number of benzene rings is 1. The lowest BCUT2D eigenvalue weighted by Crippen LogP contribution is -2.46. The zero-order valence-electron chi connectivity index (χ0n) is 19.9. The van der Waals surface area contributed by atoms with Gasteiger partial charge in [0.1, 0.15) is 23.1 Å². The minimum absolute atomic E-state index is 0.0454. The predicted octanol–water partition coefficient (Wildman–Crippen LogP) is 6.13. The molecule has 3 aliphatic rings. The van der Waals surface area contributed by atoms with Crippen molar-refractivity contribution in [1.29, 1.82) is 0 Å². The number of hydrogen-bond donors (Lipinski definition) is 1. The zero-order valence-corrected chi connectivity index (χ0v) is 20.7. The molecule has 188 valence electrons. The monoisotopic (exact) mass is 511 g/mol. The maximum atomic E-state index is 14.7. The molecule has 7 nitrogen and oxygen atoms in total. The van der Waals surface area contributed by atoms with Gasteiger partial charge in [0.25, 0.3) is 0 Å². The van der Waals surface area contributed by atoms with Gasteiger partial charge >= 0.3 is 5.97 Å². The van der Waals surface area contributed by atoms with Gasteiger partial charge in [-0.05, 0) is 69.7 Å². The summed E-state index contributed by atoms with van der Waals surface area (Å²) in [6, 6.07) is 8.62. The number of carbonyl (C=O) groups is 1. The summed E-state index contributed by atoms with van der Waals surface area (Å²) in [7, 11) is 0. The number of pyridine rings is 1. The number of aromatic nitrogens is 2. The van der Waals surface area contributed by atoms with E-state index in [1.165, 1.54) is 6.07 Å². The lowest BCUT2D eigenvalue weighted by molar-refractivity contribution is 0.0146. The van der Waals surface area contributed by atoms with E-state index in [2.05, 4.69) is 15.0 Å². The molecule has 36 heavy (non-hydrogen) atoms. The van der Waals surface area contributed by atoms with Crippen molar-refractivity contribution in [3.8, 4) is 11.3 Å². The van der Waals surface area contributed by atoms with E-state index in [0.717, 1.165) is 55.7 Å². The second-order valence-corrected chi connectivity index (χ2v) is 10.5. The van der Waals surface area contributed by atoms with Gasteiger partial charge in [-0.1, -0.05) is 22.8 Å². The van der Waals surface area contributed by atoms with Crippen LogP contribution in [0.25, 0.3) is 11.3 Å². The molecule has 2 aromatic heterocycles. The van der Waals surface area contributed by atoms with E-state index in [1.54, 1.807) is 25.1 Å². The highest BCUT2D eigenvalue weighted by atomic mass is 35.5. The van der Waals surface area contributed by atoms with Crippen LogP contribution in [0.5, 0.6) is 0 Å². The van der Waals surface area contributed by atoms with Crippen molar-refractivity contribution in [1.82, 2.24) is 10.1 Å². The van der Waals surface area contributed by atoms with Crippen LogP contribution in [-0.4, -0.2) is 39.4 Å². The molecule has 9 heteroatoms. The van der Waals surface area contributed by atoms with Crippen LogP contribution in [0.15, 0.2) is 34.9 Å². The maximum absolute atomic E-state index is 14.7. The van der Waals surface area contributed by atoms with Crippen molar-refractivity contribution < 1.29 is 23.6 Å². The summed E-state index contributed by atoms with van der Waals surface area (Å²) in [5.74, 6) is 0.522. The number of aryl methyl sites for hydroxylation is 1. The van der Waals surface area contributed by atoms with Crippen molar-refractivity contribution in [2.24, 2.45) is 0 Å². The molecule has 0 unspecified atom stereocenters. The molecule has 0 spiro atoms. The Morgan fingerprint density at radius 3 is 2.58 bits per heavy atom. The Labute approximate surface area is 213 Å². The summed E-state index contributed by atoms with van der Waals surface area (Å²) >= 11 is 6.34. The number of aromatic carboxylic acids is 1. The number of nitrogens with zero attached hydrogens (tertiary/aromatic N) is 3. The fraction of sp³-hybridized carbons (Fsp3) is 0.444. The number of ether oxygens (including phenoxy) is 1. The van der Waals surface area contributed by atoms with E-state index in [1.807, 2.05) is 6.07 Å². The fourth-order valence-corrected chi connectivity index (χ4v) is 6.06. The van der Waals surface area contributed by atoms with Crippen LogP contribution in [0.4, 0.5) is 10.2 Å². The van der Waals surface area contributed by atoms with Crippen molar-refractivity contribution in [2.45, 2.75) is 76.2 Å². The smallest absolute Gasteiger partial charge is 0.337 e. The molecule has 1 aliphatic carbocycles. The summed E-state index contributed by atoms with van der Waals surface area (Å²) < 4.78 is 26.8. The number of carboxylic acid groups (broad SMARTS) is 1. The molecule has 2 aliphatic heterocycles. The quantitative estimate of drug-likeness (QED) is 0.408. The van der Waals surface area contributed by atoms with Gasteiger partial charge in [0.15, 0.2) is 0 Å². The molecular formula is C27H27ClFN3O4. The van der Waals surface area contributed by atoms with Crippen molar-refractivity contribution >= 4 is 23.4 Å². The molecule has 1 N–H and O–H groups in total. The molecule has 2 saturated heterocycles. The third kappa shape index (κ3) is 4.16. The molecule has 2 bridgehead atoms. The minimum atomic E-state index is -0.961. The number of carboxylic acids is 1. The summed E-state index contributed by atoms with van der Waals surface area (Å²) in [4.78, 5) is 18.3. The standard InChI is InChI=1S/C27H27ClFN3O4/c1-14-19(27(33)34)9-10-23(30-14)32-16-7-8-17(32)12-18(11-16)35-13-20-25(31-36-26(20)15-5-6-15)24-21(28)3-2-4-22(24)29/h2-4,9-10,15-18H,5-8,11-13H2,1H3,(H,33,34)/t16-,17+,18-. The average Bonchev–Trinajstić information content (AvgIpc) is 3.55. The number of halogens is 2. The Morgan fingerprint density at radius 2 is 1.94 bits per heavy atom. The molecule has 0 radical (unpaired) electrons. The lowest BCUT2D eigenvalue weighted by Gasteiger charge is -2.39. The van der Waals surface area contributed by atoms with E-state index < -0.39 is 11.8 Å². The van der Waals surface area contributed by atoms with Gasteiger partial charge in [0.2, 0.25) is 0 Å². The van der Waals surface area contributed by atoms with Crippen molar-refractivity contribution in [3.05, 3.63) is 63.8 Å². The van der Waals surface area contributed by atoms with Crippen molar-refractivity contribution in [3.63, 3.8) is 0 Å². The first-order chi connectivity index (χ1) is 17.4. The Kier molecular flexibility index (Phi) is 5.96. The predicted molar refractivity (Wildman–Crippen MR) is 132 cm³/mol. The Bertz CT molecular complexity index is 1290. The van der Waals surface area contributed by atoms with E-state index >= 15 is 0 Å². The molecular weight excluding hydrogens is 485 g/mol. The highest BCUT2D eigenvalue weighted by Gasteiger charge is 2.42. The summed E-state index contributed by atoms with van der Waals surface area (Å²) in [6.45, 7) is 2.03. The molecule has 6 rings (SSSR count). The average molecular weight is 512 g/mol. The van der Waals surface area contributed by atoms with Gasteiger partial charge in [-0.25, -0.2) is 14.2 Å². The maximum Gasteiger partial charge on any atom is 0.337 e. The first-order valence-electron chi connectivity index (χ1n) is 12.4. The third-order valence-electron chi connectivity index (χ3n) is 7.69. The molecule has 3 atom stereocenters. The number of hydrogen-bond acceptors (Lipinski definition) is 6. The first-order valence-corrected chi connectivity index (χ1v) is 12.8. The van der Waals surface area contributed by atoms with Gasteiger partial charge in [0, 0.05) is 23.6 Å². The van der Waals surface area contributed by atoms with Gasteiger partial charge in [0.05, 0.1) is 34.6 Å². The number of fused-ring (bicyclic) bond motifs is 2. The lowest BCUT2D eigenvalue weighted by atomic mass is 9.99. The Morgan fingerprint density at radius 1 is 1.19 bits per heavy atom. The van der Waals surface area contributed by atoms with Crippen LogP contribution in [-0.2, 0) is 11.3 Å². The Balaban J connectivity index is 1.20. The van der Waals surface area contributed by atoms with Crippen molar-refractivity contribution in [2.75, 3.05) is 4.90 Å². The van der Waals surface area contributed by atoms with Gasteiger partial charge < -0.3 is 19.3 Å². The number of anilines is 1. The molecule has 3 aromatic rings. The SMILES string of the molecule is Cc1nc(N2[C@@H]3CC[C@H]2C[C@H](OCc2c(-c4c(F)cccc4Cl)noc2C2CC2)C3)ccc1C(=O)O. The Hall–Kier alpha value is -2.97. The van der Waals surface area contributed by atoms with Crippen LogP contribution in [0.3, 0.4) is 0 Å². The molecule has 3 fully saturated rings. The summed E-state index contributed by atoms with van der Waals surface area (Å²) in [5.41, 5.74) is 2.24. The molecule has 1 saturated carbocycles. The second kappa shape index (κ2) is 9.16. The topological polar surface area (TPSA) is 88.7 Å². The molecule has 0 amide bonds. The second-order valence-electron chi connectivity index (χ2n) is 10.0. The number of rotatable bonds is 7. The summed E-state index contributed by atoms with van der Waals surface area (Å²) in [6.07, 6.45) is 5.88. The summed E-state index contributed by atoms with van der Waals surface area (Å²) in [5, 5.41) is 13.8. The largest absolute Gasteiger partial charge is 0.478 e. The van der Waals surface area contributed by atoms with Gasteiger partial charge in [-0.3, -0.25) is 0 Å². The van der Waals surface area contributed by atoms with Crippen LogP contribution < -0.4 is 4.90 Å². The highest BCUT2D eigenvalue weighted by molar-refractivity contribution is 6.33. The van der Waals surface area contributed by atoms with E-state index in [4.69, 9.17) is 20.9 Å². The molecule has 4 heterocycles. The first kappa shape index (κ1) is 23.4. The fourth-order valence-electron chi connectivity index (χ4n) is 5.80. The van der Waals surface area contributed by atoms with Gasteiger partial charge in [-0.2, -0.15) is 0 Å². The van der Waals surface area contributed by atoms with E-state index in [-0.39, 0.29) is 29.3 Å². The van der Waals surface area contributed by atoms with E-state index in [9.17, 15) is 14.3 Å². The van der Waals surface area contributed by atoms with Crippen LogP contribution >= 0.6 is 11.6 Å². The zero-order chi connectivity index (χ0) is 25.0. The van der Waals surface area contributed by atoms with Gasteiger partial charge in [-0.15, -0.1) is 0 Å². The number of piperidine rings is 1. The van der Waals surface area contributed by atoms with Crippen LogP contribution in [0.2, 0.25) is 5.02 Å². The normalized spacial score (nSPS) is 23.3. The van der Waals surface area contributed by atoms with E-state index in [0.29, 0.717) is 28.9 Å². The van der Waals surface area contributed by atoms with Crippen LogP contribution in [0.1, 0.15) is 71.8 Å². The minimum Gasteiger partial charge on any atom is -0.478 e. The molecule has 1 aromatic carbocycles. The highest BCUT2D eigenvalue weighted by Crippen LogP contribution is 2.46.